The van der Waals surface area contributed by atoms with Crippen molar-refractivity contribution in [1.29, 1.82) is 0 Å². The molecule has 1 N–H and O–H groups in total. The van der Waals surface area contributed by atoms with Crippen LogP contribution in [-0.4, -0.2) is 52.8 Å². The first-order valence-corrected chi connectivity index (χ1v) is 15.7. The quantitative estimate of drug-likeness (QED) is 0.149. The molecule has 1 saturated heterocycles. The number of methoxy groups -OCH3 is 1. The van der Waals surface area contributed by atoms with Gasteiger partial charge in [-0.2, -0.15) is 18.3 Å². The van der Waals surface area contributed by atoms with Gasteiger partial charge in [-0.15, -0.1) is 0 Å². The maximum atomic E-state index is 15.0. The molecule has 1 amide bonds. The predicted molar refractivity (Wildman–Crippen MR) is 175 cm³/mol. The van der Waals surface area contributed by atoms with E-state index in [1.54, 1.807) is 30.1 Å². The van der Waals surface area contributed by atoms with Gasteiger partial charge in [-0.3, -0.25) is 4.90 Å². The lowest BCUT2D eigenvalue weighted by Gasteiger charge is -2.23. The summed E-state index contributed by atoms with van der Waals surface area (Å²) in [5.41, 5.74) is 2.03. The van der Waals surface area contributed by atoms with Crippen molar-refractivity contribution in [3.8, 4) is 17.1 Å². The van der Waals surface area contributed by atoms with Crippen molar-refractivity contribution in [3.63, 3.8) is 0 Å². The molecule has 0 aliphatic carbocycles. The first kappa shape index (κ1) is 33.7. The van der Waals surface area contributed by atoms with Gasteiger partial charge in [-0.05, 0) is 54.2 Å². The number of aromatic nitrogens is 4. The van der Waals surface area contributed by atoms with E-state index in [0.29, 0.717) is 35.3 Å². The summed E-state index contributed by atoms with van der Waals surface area (Å²) in [6.07, 6.45) is -2.95. The molecule has 49 heavy (non-hydrogen) atoms. The Kier molecular flexibility index (Phi) is 9.95. The minimum Gasteiger partial charge on any atom is -0.494 e. The molecule has 0 spiro atoms. The molecule has 3 aromatic carbocycles. The number of nitrogens with one attached hydrogen (secondary N) is 1. The monoisotopic (exact) mass is 678 g/mol. The minimum atomic E-state index is -4.60. The molecule has 0 radical (unpaired) electrons. The summed E-state index contributed by atoms with van der Waals surface area (Å²) in [6.45, 7) is 0.769. The number of hydrogen-bond donors (Lipinski definition) is 1. The Morgan fingerprint density at radius 1 is 1.06 bits per heavy atom. The number of anilines is 2. The molecule has 1 aliphatic heterocycles. The van der Waals surface area contributed by atoms with E-state index >= 15 is 4.39 Å². The molecule has 0 bridgehead atoms. The van der Waals surface area contributed by atoms with E-state index in [0.717, 1.165) is 30.5 Å². The van der Waals surface area contributed by atoms with Crippen molar-refractivity contribution in [3.05, 3.63) is 95.4 Å². The third-order valence-electron chi connectivity index (χ3n) is 8.17. The molecule has 0 saturated carbocycles. The first-order chi connectivity index (χ1) is 23.6. The Hall–Kier alpha value is -5.24. The maximum absolute atomic E-state index is 15.0. The molecule has 3 heterocycles. The SMILES string of the molecule is COc1cc(CC(F)(F)F)c(-c2nc(NCc3ccccc3N(C)C(=O)OCc3ccccc3)c3cnn(C4CCCCO4)c3n2)cc1F. The zero-order chi connectivity index (χ0) is 34.5. The molecule has 1 unspecified atom stereocenters. The number of benzene rings is 3. The maximum Gasteiger partial charge on any atom is 0.414 e. The summed E-state index contributed by atoms with van der Waals surface area (Å²) >= 11 is 0. The Bertz CT molecular complexity index is 1930. The molecule has 1 aliphatic rings. The molecule has 14 heteroatoms. The molecule has 256 valence electrons. The van der Waals surface area contributed by atoms with E-state index in [1.165, 1.54) is 12.0 Å². The second-order valence-corrected chi connectivity index (χ2v) is 11.6. The highest BCUT2D eigenvalue weighted by Crippen LogP contribution is 2.36. The first-order valence-electron chi connectivity index (χ1n) is 15.7. The number of nitrogens with zero attached hydrogens (tertiary/aromatic N) is 5. The molecular weight excluding hydrogens is 644 g/mol. The average molecular weight is 679 g/mol. The fourth-order valence-corrected chi connectivity index (χ4v) is 5.71. The third-order valence-corrected chi connectivity index (χ3v) is 8.17. The highest BCUT2D eigenvalue weighted by atomic mass is 19.4. The number of amides is 1. The number of rotatable bonds is 10. The van der Waals surface area contributed by atoms with E-state index in [9.17, 15) is 18.0 Å². The highest BCUT2D eigenvalue weighted by Gasteiger charge is 2.31. The molecular formula is C35H34F4N6O4. The van der Waals surface area contributed by atoms with Crippen molar-refractivity contribution < 1.29 is 36.6 Å². The summed E-state index contributed by atoms with van der Waals surface area (Å²) in [6, 6.07) is 18.5. The summed E-state index contributed by atoms with van der Waals surface area (Å²) < 4.78 is 74.2. The number of para-hydroxylation sites is 1. The van der Waals surface area contributed by atoms with Crippen molar-refractivity contribution in [1.82, 2.24) is 19.7 Å². The number of alkyl halides is 3. The smallest absolute Gasteiger partial charge is 0.414 e. The Morgan fingerprint density at radius 2 is 1.84 bits per heavy atom. The van der Waals surface area contributed by atoms with Crippen LogP contribution < -0.4 is 15.0 Å². The minimum absolute atomic E-state index is 0.100. The molecule has 6 rings (SSSR count). The second kappa shape index (κ2) is 14.5. The van der Waals surface area contributed by atoms with Crippen LogP contribution in [-0.2, 0) is 29.0 Å². The Morgan fingerprint density at radius 3 is 2.57 bits per heavy atom. The zero-order valence-electron chi connectivity index (χ0n) is 26.8. The molecule has 10 nitrogen and oxygen atoms in total. The van der Waals surface area contributed by atoms with Crippen LogP contribution >= 0.6 is 0 Å². The Balaban J connectivity index is 1.36. The summed E-state index contributed by atoms with van der Waals surface area (Å²) in [4.78, 5) is 23.6. The number of halogens is 4. The van der Waals surface area contributed by atoms with Gasteiger partial charge in [-0.1, -0.05) is 48.5 Å². The summed E-state index contributed by atoms with van der Waals surface area (Å²) in [7, 11) is 2.78. The summed E-state index contributed by atoms with van der Waals surface area (Å²) in [5, 5.41) is 8.26. The van der Waals surface area contributed by atoms with E-state index in [2.05, 4.69) is 20.4 Å². The fraction of sp³-hybridized carbons (Fsp3) is 0.314. The van der Waals surface area contributed by atoms with Gasteiger partial charge >= 0.3 is 12.3 Å². The normalized spacial score (nSPS) is 14.9. The molecule has 1 atom stereocenters. The van der Waals surface area contributed by atoms with Crippen LogP contribution in [0.15, 0.2) is 72.9 Å². The number of carbonyl (C=O) groups excluding carboxylic acids is 1. The van der Waals surface area contributed by atoms with Gasteiger partial charge in [0, 0.05) is 25.8 Å². The van der Waals surface area contributed by atoms with E-state index in [1.807, 2.05) is 42.5 Å². The van der Waals surface area contributed by atoms with Crippen molar-refractivity contribution in [2.75, 3.05) is 31.0 Å². The number of carbonyl (C=O) groups is 1. The van der Waals surface area contributed by atoms with Gasteiger partial charge in [0.2, 0.25) is 0 Å². The summed E-state index contributed by atoms with van der Waals surface area (Å²) in [5.74, 6) is -1.07. The zero-order valence-corrected chi connectivity index (χ0v) is 26.8. The van der Waals surface area contributed by atoms with E-state index < -0.39 is 30.7 Å². The van der Waals surface area contributed by atoms with Crippen LogP contribution in [0.2, 0.25) is 0 Å². The number of ether oxygens (including phenoxy) is 3. The third kappa shape index (κ3) is 7.75. The van der Waals surface area contributed by atoms with Crippen molar-refractivity contribution in [2.24, 2.45) is 0 Å². The van der Waals surface area contributed by atoms with Gasteiger partial charge in [0.1, 0.15) is 12.4 Å². The van der Waals surface area contributed by atoms with Crippen LogP contribution in [0.25, 0.3) is 22.4 Å². The number of fused-ring (bicyclic) bond motifs is 1. The second-order valence-electron chi connectivity index (χ2n) is 11.6. The fourth-order valence-electron chi connectivity index (χ4n) is 5.71. The lowest BCUT2D eigenvalue weighted by molar-refractivity contribution is -0.127. The van der Waals surface area contributed by atoms with Crippen LogP contribution in [0.5, 0.6) is 5.75 Å². The molecule has 1 fully saturated rings. The Labute approximate surface area is 279 Å². The molecule has 5 aromatic rings. The van der Waals surface area contributed by atoms with Crippen molar-refractivity contribution >= 4 is 28.6 Å². The largest absolute Gasteiger partial charge is 0.494 e. The standard InChI is InChI=1S/C35H34F4N6O4/c1-44(34(46)49-21-22-10-4-3-5-11-22)28-13-7-6-12-23(28)19-40-31-26-20-41-45(30-14-8-9-15-48-30)33(26)43-32(42-31)25-17-27(36)29(47-2)16-24(25)18-35(37,38)39/h3-7,10-13,16-17,20,30H,8-9,14-15,18-19,21H2,1-2H3,(H,40,42,43). The topological polar surface area (TPSA) is 104 Å². The van der Waals surface area contributed by atoms with E-state index in [-0.39, 0.29) is 41.7 Å². The van der Waals surface area contributed by atoms with Gasteiger partial charge < -0.3 is 19.5 Å². The van der Waals surface area contributed by atoms with Gasteiger partial charge in [0.15, 0.2) is 29.3 Å². The van der Waals surface area contributed by atoms with Gasteiger partial charge in [0.05, 0.1) is 30.8 Å². The lowest BCUT2D eigenvalue weighted by atomic mass is 10.0. The van der Waals surface area contributed by atoms with Crippen LogP contribution in [0.4, 0.5) is 33.9 Å². The highest BCUT2D eigenvalue weighted by molar-refractivity contribution is 5.90. The molecule has 2 aromatic heterocycles. The predicted octanol–water partition coefficient (Wildman–Crippen LogP) is 7.83. The lowest BCUT2D eigenvalue weighted by Crippen LogP contribution is -2.28. The number of hydrogen-bond acceptors (Lipinski definition) is 8. The van der Waals surface area contributed by atoms with Crippen LogP contribution in [0, 0.1) is 5.82 Å². The average Bonchev–Trinajstić information content (AvgIpc) is 3.54. The van der Waals surface area contributed by atoms with Crippen LogP contribution in [0.3, 0.4) is 0 Å². The van der Waals surface area contributed by atoms with E-state index in [4.69, 9.17) is 14.2 Å². The van der Waals surface area contributed by atoms with Gasteiger partial charge in [-0.25, -0.2) is 23.8 Å². The van der Waals surface area contributed by atoms with Crippen LogP contribution in [0.1, 0.15) is 42.2 Å². The van der Waals surface area contributed by atoms with Gasteiger partial charge in [0.25, 0.3) is 0 Å². The van der Waals surface area contributed by atoms with Crippen molar-refractivity contribution in [2.45, 2.75) is 51.2 Å².